The van der Waals surface area contributed by atoms with Crippen LogP contribution in [-0.2, 0) is 21.1 Å². The van der Waals surface area contributed by atoms with E-state index in [1.54, 1.807) is 0 Å². The second-order valence-electron chi connectivity index (χ2n) is 20.9. The molecule has 2 aliphatic rings. The molecular weight excluding hydrogens is 1190 g/mol. The van der Waals surface area contributed by atoms with Gasteiger partial charge in [-0.1, -0.05) is 216 Å². The van der Waals surface area contributed by atoms with E-state index in [-0.39, 0.29) is 27.9 Å². The molecule has 0 bridgehead atoms. The van der Waals surface area contributed by atoms with Gasteiger partial charge in [0.25, 0.3) is 0 Å². The molecule has 2 aromatic heterocycles. The second kappa shape index (κ2) is 21.8. The number of fused-ring (bicyclic) bond motifs is 6. The summed E-state index contributed by atoms with van der Waals surface area (Å²) < 4.78 is 9.01. The zero-order chi connectivity index (χ0) is 54.5. The molecule has 13 aromatic rings. The summed E-state index contributed by atoms with van der Waals surface area (Å²) in [4.78, 5) is 11.8. The minimum atomic E-state index is -0.146. The Labute approximate surface area is 498 Å². The van der Waals surface area contributed by atoms with Crippen molar-refractivity contribution in [2.24, 2.45) is 0 Å². The van der Waals surface area contributed by atoms with E-state index in [0.29, 0.717) is 11.5 Å². The number of anilines is 3. The van der Waals surface area contributed by atoms with Crippen molar-refractivity contribution in [3.05, 3.63) is 310 Å². The van der Waals surface area contributed by atoms with Crippen LogP contribution in [0.3, 0.4) is 0 Å². The number of para-hydroxylation sites is 2. The van der Waals surface area contributed by atoms with Gasteiger partial charge in [0.05, 0.1) is 0 Å². The summed E-state index contributed by atoms with van der Waals surface area (Å²) in [6, 6.07) is 105. The minimum absolute atomic E-state index is 0. The van der Waals surface area contributed by atoms with Gasteiger partial charge in [-0.05, 0) is 134 Å². The van der Waals surface area contributed by atoms with Crippen LogP contribution in [0.4, 0.5) is 17.1 Å². The maximum Gasteiger partial charge on any atom is 0.327 e. The molecule has 6 nitrogen and oxygen atoms in total. The summed E-state index contributed by atoms with van der Waals surface area (Å²) in [5.74, 6) is 1.97. The van der Waals surface area contributed by atoms with Crippen molar-refractivity contribution in [2.45, 2.75) is 0 Å². The van der Waals surface area contributed by atoms with Crippen LogP contribution in [0.15, 0.2) is 291 Å². The third-order valence-corrected chi connectivity index (χ3v) is 15.9. The molecule has 398 valence electrons. The predicted molar refractivity (Wildman–Crippen MR) is 339 cm³/mol. The Bertz CT molecular complexity index is 4280. The summed E-state index contributed by atoms with van der Waals surface area (Å²) in [5.41, 5.74) is 20.7. The third kappa shape index (κ3) is 9.49. The molecule has 0 saturated heterocycles. The van der Waals surface area contributed by atoms with E-state index in [9.17, 15) is 0 Å². The molecule has 0 radical (unpaired) electrons. The van der Waals surface area contributed by atoms with Crippen LogP contribution < -0.4 is 24.8 Å². The fourth-order valence-electron chi connectivity index (χ4n) is 12.1. The molecule has 8 heteroatoms. The van der Waals surface area contributed by atoms with Crippen LogP contribution >= 0.6 is 0 Å². The Hall–Kier alpha value is -9.94. The van der Waals surface area contributed by atoms with Crippen molar-refractivity contribution in [1.82, 2.24) is 9.55 Å². The summed E-state index contributed by atoms with van der Waals surface area (Å²) in [5, 5.41) is 2.20. The molecule has 0 spiro atoms. The molecule has 0 N–H and O–H groups in total. The predicted octanol–water partition coefficient (Wildman–Crippen LogP) is 17.7. The summed E-state index contributed by atoms with van der Waals surface area (Å²) in [7, 11) is 2.18. The quantitative estimate of drug-likeness (QED) is 0.0953. The Morgan fingerprint density at radius 2 is 0.940 bits per heavy atom. The van der Waals surface area contributed by atoms with Crippen LogP contribution in [-0.4, -0.2) is 23.4 Å². The zero-order valence-corrected chi connectivity index (χ0v) is 47.5. The maximum absolute atomic E-state index is 6.85. The smallest absolute Gasteiger partial charge is 0.327 e. The third-order valence-electron chi connectivity index (χ3n) is 15.9. The van der Waals surface area contributed by atoms with Gasteiger partial charge in [0, 0.05) is 61.1 Å². The van der Waals surface area contributed by atoms with Gasteiger partial charge in [0.2, 0.25) is 0 Å². The molecule has 0 unspecified atom stereocenters. The van der Waals surface area contributed by atoms with Gasteiger partial charge in [-0.2, -0.15) is 6.07 Å². The molecule has 15 rings (SSSR count). The van der Waals surface area contributed by atoms with Gasteiger partial charge in [-0.3, -0.25) is 0 Å². The van der Waals surface area contributed by atoms with Crippen molar-refractivity contribution in [3.8, 4) is 84.1 Å². The van der Waals surface area contributed by atoms with E-state index in [4.69, 9.17) is 9.72 Å². The standard InChI is InChI=1S/C75H51BN5O.Pt/c1-78-70-40-38-64(82-63-37-39-68-67-32-17-18-35-69(67)81(71(68)48-63)74-36-19-20-41-77-74)49-72(70)80-51-79(50-73(80)76(78)62-30-15-6-16-31-62)75-65(60-44-56(52-22-7-2-8-23-52)42-57(45-60)53-24-9-3-10-25-53)33-21-34-66(75)61-46-58(54-26-11-4-12-27-54)43-59(47-61)55-28-13-5-14-29-55;/h2-47,50-51H,1H3;/q-3;. The first-order chi connectivity index (χ1) is 40.6. The minimum Gasteiger partial charge on any atom is -0.509 e. The fourth-order valence-corrected chi connectivity index (χ4v) is 12.1. The van der Waals surface area contributed by atoms with Gasteiger partial charge in [-0.15, -0.1) is 42.4 Å². The molecule has 0 saturated carbocycles. The summed E-state index contributed by atoms with van der Waals surface area (Å²) in [6.07, 6.45) is 4.16. The number of hydrogen-bond donors (Lipinski definition) is 0. The molecule has 0 aliphatic carbocycles. The number of ether oxygens (including phenoxy) is 1. The molecule has 0 amide bonds. The maximum atomic E-state index is 6.85. The van der Waals surface area contributed by atoms with Gasteiger partial charge in [0.15, 0.2) is 0 Å². The molecule has 0 atom stereocenters. The number of rotatable bonds is 11. The summed E-state index contributed by atoms with van der Waals surface area (Å²) in [6.45, 7) is 2.11. The van der Waals surface area contributed by atoms with Crippen LogP contribution in [0.25, 0.3) is 94.4 Å². The monoisotopic (exact) mass is 1240 g/mol. The van der Waals surface area contributed by atoms with Crippen molar-refractivity contribution >= 4 is 51.2 Å². The average Bonchev–Trinajstić information content (AvgIpc) is 4.33. The van der Waals surface area contributed by atoms with Crippen molar-refractivity contribution in [2.75, 3.05) is 21.7 Å². The fraction of sp³-hybridized carbons (Fsp3) is 0.0133. The van der Waals surface area contributed by atoms with Gasteiger partial charge < -0.3 is 23.9 Å². The second-order valence-corrected chi connectivity index (χ2v) is 20.9. The van der Waals surface area contributed by atoms with E-state index in [1.165, 1.54) is 5.46 Å². The first-order valence-corrected chi connectivity index (χ1v) is 27.8. The van der Waals surface area contributed by atoms with Crippen molar-refractivity contribution in [1.29, 1.82) is 0 Å². The number of benzene rings is 11. The van der Waals surface area contributed by atoms with E-state index < -0.39 is 0 Å². The zero-order valence-electron chi connectivity index (χ0n) is 45.3. The van der Waals surface area contributed by atoms with Gasteiger partial charge in [0.1, 0.15) is 5.82 Å². The topological polar surface area (TPSA) is 36.8 Å². The van der Waals surface area contributed by atoms with Crippen LogP contribution in [0.5, 0.6) is 11.5 Å². The average molecular weight is 1240 g/mol. The molecule has 0 fully saturated rings. The van der Waals surface area contributed by atoms with Gasteiger partial charge in [-0.25, -0.2) is 4.98 Å². The van der Waals surface area contributed by atoms with Crippen LogP contribution in [0, 0.1) is 18.8 Å². The molecule has 4 heterocycles. The largest absolute Gasteiger partial charge is 0.509 e. The number of hydrogen-bond acceptors (Lipinski definition) is 5. The number of aromatic nitrogens is 2. The van der Waals surface area contributed by atoms with Crippen LogP contribution in [0.1, 0.15) is 0 Å². The number of nitrogens with zero attached hydrogens (tertiary/aromatic N) is 5. The first-order valence-electron chi connectivity index (χ1n) is 27.8. The first kappa shape index (κ1) is 51.2. The normalized spacial score (nSPS) is 12.7. The van der Waals surface area contributed by atoms with E-state index in [1.807, 2.05) is 36.5 Å². The number of pyridine rings is 1. The van der Waals surface area contributed by atoms with Crippen molar-refractivity contribution in [3.63, 3.8) is 0 Å². The molecule has 2 aliphatic heterocycles. The van der Waals surface area contributed by atoms with Crippen LogP contribution in [0.2, 0.25) is 0 Å². The van der Waals surface area contributed by atoms with E-state index in [2.05, 4.69) is 294 Å². The summed E-state index contributed by atoms with van der Waals surface area (Å²) >= 11 is 0. The Balaban J connectivity index is 0.00000614. The Kier molecular flexibility index (Phi) is 13.5. The molecule has 11 aromatic carbocycles. The Morgan fingerprint density at radius 1 is 0.446 bits per heavy atom. The van der Waals surface area contributed by atoms with Crippen molar-refractivity contribution < 1.29 is 25.8 Å². The Morgan fingerprint density at radius 3 is 1.49 bits per heavy atom. The van der Waals surface area contributed by atoms with E-state index in [0.717, 1.165) is 117 Å². The molecular formula is C75H51BN5OPt-3. The molecule has 83 heavy (non-hydrogen) atoms. The van der Waals surface area contributed by atoms with E-state index >= 15 is 0 Å². The van der Waals surface area contributed by atoms with Gasteiger partial charge >= 0.3 is 6.85 Å². The SMILES string of the molecule is CN1B(c2ccccc2)C2=CN(c3c(-c4cc(-c5ccccc5)cc(-c5ccccc5)c4)cccc3-c3cc(-c4ccccc4)cc(-c4ccccc4)c3)[CH-]N2c2[c-]c(Oc3[c-]c4c(cc3)c3ccccc3n4-c3ccccn3)ccc21.[Pt].